The maximum absolute atomic E-state index is 13.5. The minimum atomic E-state index is -0.284. The smallest absolute Gasteiger partial charge is 0.253 e. The van der Waals surface area contributed by atoms with Gasteiger partial charge in [-0.05, 0) is 48.2 Å². The van der Waals surface area contributed by atoms with Gasteiger partial charge >= 0.3 is 0 Å². The first-order valence-corrected chi connectivity index (χ1v) is 9.69. The second kappa shape index (κ2) is 6.37. The van der Waals surface area contributed by atoms with Crippen LogP contribution >= 0.6 is 0 Å². The molecule has 3 aromatic rings. The van der Waals surface area contributed by atoms with Crippen LogP contribution in [0.25, 0.3) is 11.1 Å². The minimum absolute atomic E-state index is 0.0214. The summed E-state index contributed by atoms with van der Waals surface area (Å²) in [6, 6.07) is 12.4. The van der Waals surface area contributed by atoms with Gasteiger partial charge in [-0.15, -0.1) is 0 Å². The van der Waals surface area contributed by atoms with Crippen molar-refractivity contribution in [3.05, 3.63) is 71.8 Å². The number of anilines is 2. The normalized spacial score (nSPS) is 16.0. The van der Waals surface area contributed by atoms with Gasteiger partial charge < -0.3 is 9.80 Å². The fourth-order valence-corrected chi connectivity index (χ4v) is 4.10. The largest absolute Gasteiger partial charge is 0.345 e. The zero-order valence-corrected chi connectivity index (χ0v) is 16.4. The predicted molar refractivity (Wildman–Crippen MR) is 110 cm³/mol. The first-order chi connectivity index (χ1) is 14.0. The summed E-state index contributed by atoms with van der Waals surface area (Å²) < 4.78 is 13.5. The molecule has 6 heteroatoms. The highest BCUT2D eigenvalue weighted by molar-refractivity contribution is 5.95. The van der Waals surface area contributed by atoms with Gasteiger partial charge in [-0.1, -0.05) is 18.2 Å². The van der Waals surface area contributed by atoms with E-state index in [2.05, 4.69) is 20.9 Å². The molecule has 5 rings (SSSR count). The highest BCUT2D eigenvalue weighted by Gasteiger charge is 2.52. The summed E-state index contributed by atoms with van der Waals surface area (Å²) in [6.45, 7) is 0.821. The molecule has 5 nitrogen and oxygen atoms in total. The van der Waals surface area contributed by atoms with E-state index >= 15 is 0 Å². The minimum Gasteiger partial charge on any atom is -0.345 e. The second-order valence-electron chi connectivity index (χ2n) is 8.08. The number of hydrogen-bond acceptors (Lipinski definition) is 4. The Balaban J connectivity index is 1.51. The third-order valence-corrected chi connectivity index (χ3v) is 5.86. The van der Waals surface area contributed by atoms with Gasteiger partial charge in [0.2, 0.25) is 5.95 Å². The van der Waals surface area contributed by atoms with Crippen molar-refractivity contribution in [2.45, 2.75) is 18.3 Å². The lowest BCUT2D eigenvalue weighted by atomic mass is 9.97. The van der Waals surface area contributed by atoms with Crippen LogP contribution in [0, 0.1) is 5.82 Å². The Bertz CT molecular complexity index is 1110. The van der Waals surface area contributed by atoms with E-state index in [-0.39, 0.29) is 17.1 Å². The van der Waals surface area contributed by atoms with Crippen LogP contribution < -0.4 is 4.90 Å². The number of amides is 1. The van der Waals surface area contributed by atoms with E-state index in [4.69, 9.17) is 0 Å². The molecule has 0 N–H and O–H groups in total. The average molecular weight is 388 g/mol. The molecular formula is C23H21FN4O. The number of rotatable bonds is 3. The molecule has 1 aromatic heterocycles. The Kier molecular flexibility index (Phi) is 3.91. The van der Waals surface area contributed by atoms with Crippen LogP contribution in [0.4, 0.5) is 16.0 Å². The molecule has 1 saturated carbocycles. The molecule has 1 fully saturated rings. The highest BCUT2D eigenvalue weighted by atomic mass is 19.1. The molecule has 1 spiro atoms. The van der Waals surface area contributed by atoms with Crippen molar-refractivity contribution in [2.75, 3.05) is 25.5 Å². The summed E-state index contributed by atoms with van der Waals surface area (Å²) in [5, 5.41) is 0. The molecule has 0 saturated heterocycles. The lowest BCUT2D eigenvalue weighted by molar-refractivity contribution is 0.0827. The van der Waals surface area contributed by atoms with Crippen LogP contribution in [0.15, 0.2) is 54.9 Å². The van der Waals surface area contributed by atoms with Gasteiger partial charge in [0.05, 0.1) is 0 Å². The van der Waals surface area contributed by atoms with E-state index in [0.29, 0.717) is 11.5 Å². The van der Waals surface area contributed by atoms with Crippen molar-refractivity contribution in [3.63, 3.8) is 0 Å². The fraction of sp³-hybridized carbons (Fsp3) is 0.261. The summed E-state index contributed by atoms with van der Waals surface area (Å²) in [5.74, 6) is 0.297. The van der Waals surface area contributed by atoms with Crippen molar-refractivity contribution >= 4 is 17.5 Å². The van der Waals surface area contributed by atoms with Crippen molar-refractivity contribution in [3.8, 4) is 11.1 Å². The third-order valence-electron chi connectivity index (χ3n) is 5.86. The first kappa shape index (κ1) is 17.8. The molecule has 0 atom stereocenters. The summed E-state index contributed by atoms with van der Waals surface area (Å²) in [5.41, 5.74) is 4.60. The molecule has 146 valence electrons. The number of fused-ring (bicyclic) bond motifs is 2. The van der Waals surface area contributed by atoms with E-state index in [1.54, 1.807) is 37.5 Å². The van der Waals surface area contributed by atoms with Gasteiger partial charge in [0, 0.05) is 55.3 Å². The van der Waals surface area contributed by atoms with Gasteiger partial charge in [-0.3, -0.25) is 4.79 Å². The van der Waals surface area contributed by atoms with Crippen molar-refractivity contribution in [2.24, 2.45) is 0 Å². The summed E-state index contributed by atoms with van der Waals surface area (Å²) >= 11 is 0. The van der Waals surface area contributed by atoms with Gasteiger partial charge in [-0.25, -0.2) is 14.4 Å². The van der Waals surface area contributed by atoms with Crippen LogP contribution in [-0.4, -0.2) is 41.4 Å². The Morgan fingerprint density at radius 2 is 1.83 bits per heavy atom. The Labute approximate surface area is 168 Å². The second-order valence-corrected chi connectivity index (χ2v) is 8.08. The molecule has 0 bridgehead atoms. The van der Waals surface area contributed by atoms with Gasteiger partial charge in [0.1, 0.15) is 5.82 Å². The number of aromatic nitrogens is 2. The molecule has 2 aromatic carbocycles. The molecule has 0 radical (unpaired) electrons. The average Bonchev–Trinajstić information content (AvgIpc) is 3.44. The highest BCUT2D eigenvalue weighted by Crippen LogP contribution is 2.57. The van der Waals surface area contributed by atoms with E-state index in [1.807, 2.05) is 18.2 Å². The fourth-order valence-electron chi connectivity index (χ4n) is 4.10. The lowest BCUT2D eigenvalue weighted by Gasteiger charge is -2.19. The molecule has 2 heterocycles. The van der Waals surface area contributed by atoms with Crippen LogP contribution in [0.3, 0.4) is 0 Å². The number of carbonyl (C=O) groups is 1. The van der Waals surface area contributed by atoms with E-state index in [1.165, 1.54) is 17.7 Å². The van der Waals surface area contributed by atoms with Crippen LogP contribution in [-0.2, 0) is 5.41 Å². The molecule has 1 aliphatic heterocycles. The van der Waals surface area contributed by atoms with E-state index in [0.717, 1.165) is 36.2 Å². The maximum Gasteiger partial charge on any atom is 0.253 e. The number of carbonyl (C=O) groups excluding carboxylic acids is 1. The first-order valence-electron chi connectivity index (χ1n) is 9.69. The van der Waals surface area contributed by atoms with Crippen molar-refractivity contribution < 1.29 is 9.18 Å². The molecule has 0 unspecified atom stereocenters. The quantitative estimate of drug-likeness (QED) is 0.676. The third kappa shape index (κ3) is 2.95. The van der Waals surface area contributed by atoms with Crippen LogP contribution in [0.2, 0.25) is 0 Å². The summed E-state index contributed by atoms with van der Waals surface area (Å²) in [6.07, 6.45) is 5.73. The van der Waals surface area contributed by atoms with Crippen molar-refractivity contribution in [1.29, 1.82) is 0 Å². The number of nitrogens with zero attached hydrogens (tertiary/aromatic N) is 4. The Hall–Kier alpha value is -3.28. The number of benzene rings is 2. The lowest BCUT2D eigenvalue weighted by Crippen LogP contribution is -2.22. The zero-order valence-electron chi connectivity index (χ0n) is 16.4. The zero-order chi connectivity index (χ0) is 20.2. The van der Waals surface area contributed by atoms with Gasteiger partial charge in [0.15, 0.2) is 0 Å². The number of halogens is 1. The molecule has 2 aliphatic rings. The SMILES string of the molecule is CN(C)C(=O)c1ccc2c(c1)N(c1ncc(-c3cccc(F)c3)cn1)CC21CC1. The van der Waals surface area contributed by atoms with Crippen LogP contribution in [0.1, 0.15) is 28.8 Å². The molecule has 29 heavy (non-hydrogen) atoms. The van der Waals surface area contributed by atoms with Gasteiger partial charge in [-0.2, -0.15) is 0 Å². The van der Waals surface area contributed by atoms with E-state index < -0.39 is 0 Å². The Morgan fingerprint density at radius 3 is 2.48 bits per heavy atom. The van der Waals surface area contributed by atoms with Crippen molar-refractivity contribution in [1.82, 2.24) is 14.9 Å². The summed E-state index contributed by atoms with van der Waals surface area (Å²) in [4.78, 5) is 25.3. The molecular weight excluding hydrogens is 367 g/mol. The molecule has 1 amide bonds. The standard InChI is InChI=1S/C23H21FN4O/c1-27(2)21(29)16-6-7-19-20(11-16)28(14-23(19)8-9-23)22-25-12-17(13-26-22)15-4-3-5-18(24)10-15/h3-7,10-13H,8-9,14H2,1-2H3. The molecule has 1 aliphatic carbocycles. The number of hydrogen-bond donors (Lipinski definition) is 0. The maximum atomic E-state index is 13.5. The topological polar surface area (TPSA) is 49.3 Å². The monoisotopic (exact) mass is 388 g/mol. The van der Waals surface area contributed by atoms with Crippen LogP contribution in [0.5, 0.6) is 0 Å². The summed E-state index contributed by atoms with van der Waals surface area (Å²) in [7, 11) is 3.51. The van der Waals surface area contributed by atoms with Gasteiger partial charge in [0.25, 0.3) is 5.91 Å². The van der Waals surface area contributed by atoms with E-state index in [9.17, 15) is 9.18 Å². The Morgan fingerprint density at radius 1 is 1.07 bits per heavy atom. The predicted octanol–water partition coefficient (Wildman–Crippen LogP) is 4.17.